The summed E-state index contributed by atoms with van der Waals surface area (Å²) in [4.78, 5) is 24.9. The van der Waals surface area contributed by atoms with E-state index in [-0.39, 0.29) is 30.9 Å². The van der Waals surface area contributed by atoms with Crippen molar-refractivity contribution >= 4 is 17.5 Å². The van der Waals surface area contributed by atoms with Gasteiger partial charge in [-0.2, -0.15) is 0 Å². The van der Waals surface area contributed by atoms with Crippen LogP contribution in [0.2, 0.25) is 0 Å². The second-order valence-electron chi connectivity index (χ2n) is 4.73. The maximum absolute atomic E-state index is 11.5. The number of piperazine rings is 1. The second-order valence-corrected chi connectivity index (χ2v) is 4.73. The first-order valence-electron chi connectivity index (χ1n) is 6.48. The quantitative estimate of drug-likeness (QED) is 0.781. The van der Waals surface area contributed by atoms with Gasteiger partial charge in [0.05, 0.1) is 20.2 Å². The van der Waals surface area contributed by atoms with Crippen molar-refractivity contribution in [3.63, 3.8) is 0 Å². The number of rotatable bonds is 4. The van der Waals surface area contributed by atoms with Crippen molar-refractivity contribution in [2.45, 2.75) is 13.0 Å². The highest BCUT2D eigenvalue weighted by Gasteiger charge is 2.26. The van der Waals surface area contributed by atoms with Gasteiger partial charge >= 0.3 is 0 Å². The molecular formula is C14H19N3O3. The van der Waals surface area contributed by atoms with Crippen LogP contribution in [0.5, 0.6) is 5.75 Å². The molecule has 0 bridgehead atoms. The van der Waals surface area contributed by atoms with Gasteiger partial charge in [-0.3, -0.25) is 14.9 Å². The molecule has 2 amide bonds. The normalized spacial score (nSPS) is 16.9. The summed E-state index contributed by atoms with van der Waals surface area (Å²) in [6.45, 7) is 2.35. The van der Waals surface area contributed by atoms with E-state index < -0.39 is 0 Å². The predicted molar refractivity (Wildman–Crippen MR) is 75.8 cm³/mol. The van der Waals surface area contributed by atoms with Crippen molar-refractivity contribution in [1.29, 1.82) is 0 Å². The van der Waals surface area contributed by atoms with Gasteiger partial charge < -0.3 is 15.0 Å². The smallest absolute Gasteiger partial charge is 0.246 e. The Kier molecular flexibility index (Phi) is 4.24. The van der Waals surface area contributed by atoms with Crippen molar-refractivity contribution in [2.24, 2.45) is 0 Å². The average Bonchev–Trinajstić information content (AvgIpc) is 2.44. The SMILES string of the molecule is CNC(C)c1c(OC)cccc1N1CC(=O)NC(=O)C1. The van der Waals surface area contributed by atoms with Crippen molar-refractivity contribution in [3.05, 3.63) is 23.8 Å². The van der Waals surface area contributed by atoms with Crippen LogP contribution in [-0.4, -0.2) is 39.1 Å². The van der Waals surface area contributed by atoms with E-state index in [9.17, 15) is 9.59 Å². The van der Waals surface area contributed by atoms with Crippen molar-refractivity contribution in [3.8, 4) is 5.75 Å². The zero-order chi connectivity index (χ0) is 14.7. The van der Waals surface area contributed by atoms with Crippen LogP contribution in [0.3, 0.4) is 0 Å². The molecule has 1 aromatic rings. The highest BCUT2D eigenvalue weighted by molar-refractivity contribution is 6.02. The van der Waals surface area contributed by atoms with Crippen LogP contribution in [0, 0.1) is 0 Å². The van der Waals surface area contributed by atoms with E-state index in [2.05, 4.69) is 10.6 Å². The summed E-state index contributed by atoms with van der Waals surface area (Å²) < 4.78 is 5.40. The van der Waals surface area contributed by atoms with Gasteiger partial charge in [0.15, 0.2) is 0 Å². The second kappa shape index (κ2) is 5.92. The predicted octanol–water partition coefficient (Wildman–Crippen LogP) is 0.438. The van der Waals surface area contributed by atoms with Crippen LogP contribution in [0.15, 0.2) is 18.2 Å². The fraction of sp³-hybridized carbons (Fsp3) is 0.429. The van der Waals surface area contributed by atoms with Crippen LogP contribution in [0.25, 0.3) is 0 Å². The lowest BCUT2D eigenvalue weighted by molar-refractivity contribution is -0.130. The highest BCUT2D eigenvalue weighted by Crippen LogP contribution is 2.34. The third-order valence-electron chi connectivity index (χ3n) is 3.42. The Morgan fingerprint density at radius 2 is 1.95 bits per heavy atom. The van der Waals surface area contributed by atoms with Crippen LogP contribution in [-0.2, 0) is 9.59 Å². The van der Waals surface area contributed by atoms with E-state index in [0.717, 1.165) is 17.0 Å². The van der Waals surface area contributed by atoms with Gasteiger partial charge in [0, 0.05) is 17.3 Å². The first kappa shape index (κ1) is 14.3. The number of methoxy groups -OCH3 is 1. The lowest BCUT2D eigenvalue weighted by Gasteiger charge is -2.31. The number of carbonyl (C=O) groups excluding carboxylic acids is 2. The lowest BCUT2D eigenvalue weighted by atomic mass is 10.0. The zero-order valence-electron chi connectivity index (χ0n) is 11.9. The van der Waals surface area contributed by atoms with Gasteiger partial charge in [0.1, 0.15) is 5.75 Å². The molecule has 6 heteroatoms. The van der Waals surface area contributed by atoms with Crippen LogP contribution in [0.1, 0.15) is 18.5 Å². The highest BCUT2D eigenvalue weighted by atomic mass is 16.5. The number of hydrogen-bond acceptors (Lipinski definition) is 5. The molecule has 108 valence electrons. The molecule has 20 heavy (non-hydrogen) atoms. The Labute approximate surface area is 118 Å². The molecular weight excluding hydrogens is 258 g/mol. The molecule has 1 saturated heterocycles. The largest absolute Gasteiger partial charge is 0.496 e. The van der Waals surface area contributed by atoms with Crippen molar-refractivity contribution < 1.29 is 14.3 Å². The topological polar surface area (TPSA) is 70.7 Å². The molecule has 1 fully saturated rings. The third-order valence-corrected chi connectivity index (χ3v) is 3.42. The minimum atomic E-state index is -0.285. The summed E-state index contributed by atoms with van der Waals surface area (Å²) in [6, 6.07) is 5.67. The van der Waals surface area contributed by atoms with Gasteiger partial charge in [-0.25, -0.2) is 0 Å². The maximum Gasteiger partial charge on any atom is 0.246 e. The molecule has 1 aliphatic rings. The molecule has 0 aromatic heterocycles. The molecule has 1 heterocycles. The Bertz CT molecular complexity index is 514. The summed E-state index contributed by atoms with van der Waals surface area (Å²) in [5.41, 5.74) is 1.79. The Hall–Kier alpha value is -2.08. The number of nitrogens with zero attached hydrogens (tertiary/aromatic N) is 1. The summed E-state index contributed by atoms with van der Waals surface area (Å²) in [5.74, 6) is 0.169. The Morgan fingerprint density at radius 3 is 2.50 bits per heavy atom. The minimum Gasteiger partial charge on any atom is -0.496 e. The maximum atomic E-state index is 11.5. The molecule has 6 nitrogen and oxygen atoms in total. The molecule has 0 spiro atoms. The fourth-order valence-electron chi connectivity index (χ4n) is 2.37. The summed E-state index contributed by atoms with van der Waals surface area (Å²) in [6.07, 6.45) is 0. The average molecular weight is 277 g/mol. The summed E-state index contributed by atoms with van der Waals surface area (Å²) >= 11 is 0. The van der Waals surface area contributed by atoms with E-state index in [4.69, 9.17) is 4.74 Å². The Morgan fingerprint density at radius 1 is 1.30 bits per heavy atom. The van der Waals surface area contributed by atoms with E-state index in [0.29, 0.717) is 0 Å². The summed E-state index contributed by atoms with van der Waals surface area (Å²) in [7, 11) is 3.47. The van der Waals surface area contributed by atoms with Gasteiger partial charge in [-0.05, 0) is 26.1 Å². The number of carbonyl (C=O) groups is 2. The van der Waals surface area contributed by atoms with Gasteiger partial charge in [-0.1, -0.05) is 6.07 Å². The molecule has 1 atom stereocenters. The third kappa shape index (κ3) is 2.75. The number of imide groups is 1. The van der Waals surface area contributed by atoms with Gasteiger partial charge in [0.2, 0.25) is 11.8 Å². The molecule has 0 saturated carbocycles. The first-order chi connectivity index (χ1) is 9.56. The van der Waals surface area contributed by atoms with Crippen molar-refractivity contribution in [2.75, 3.05) is 32.1 Å². The first-order valence-corrected chi connectivity index (χ1v) is 6.48. The van der Waals surface area contributed by atoms with E-state index in [1.807, 2.05) is 32.2 Å². The van der Waals surface area contributed by atoms with E-state index in [1.165, 1.54) is 0 Å². The van der Waals surface area contributed by atoms with E-state index in [1.54, 1.807) is 12.0 Å². The lowest BCUT2D eigenvalue weighted by Crippen LogP contribution is -2.51. The molecule has 2 rings (SSSR count). The Balaban J connectivity index is 2.44. The minimum absolute atomic E-state index is 0.0428. The monoisotopic (exact) mass is 277 g/mol. The van der Waals surface area contributed by atoms with Crippen molar-refractivity contribution in [1.82, 2.24) is 10.6 Å². The van der Waals surface area contributed by atoms with Gasteiger partial charge in [0.25, 0.3) is 0 Å². The van der Waals surface area contributed by atoms with Crippen LogP contribution >= 0.6 is 0 Å². The number of anilines is 1. The molecule has 1 aliphatic heterocycles. The number of ether oxygens (including phenoxy) is 1. The molecule has 1 aromatic carbocycles. The van der Waals surface area contributed by atoms with Crippen LogP contribution in [0.4, 0.5) is 5.69 Å². The molecule has 0 radical (unpaired) electrons. The molecule has 1 unspecified atom stereocenters. The molecule has 2 N–H and O–H groups in total. The molecule has 0 aliphatic carbocycles. The van der Waals surface area contributed by atoms with Crippen LogP contribution < -0.4 is 20.3 Å². The number of nitrogens with one attached hydrogen (secondary N) is 2. The van der Waals surface area contributed by atoms with E-state index >= 15 is 0 Å². The standard InChI is InChI=1S/C14H19N3O3/c1-9(15-2)14-10(5-4-6-11(14)20-3)17-7-12(18)16-13(19)8-17/h4-6,9,15H,7-8H2,1-3H3,(H,16,18,19). The zero-order valence-corrected chi connectivity index (χ0v) is 11.9. The van der Waals surface area contributed by atoms with Gasteiger partial charge in [-0.15, -0.1) is 0 Å². The summed E-state index contributed by atoms with van der Waals surface area (Å²) in [5, 5.41) is 5.47. The number of benzene rings is 1. The number of amides is 2. The fourth-order valence-corrected chi connectivity index (χ4v) is 2.37. The number of hydrogen-bond donors (Lipinski definition) is 2.